The number of rotatable bonds is 4. The molecule has 0 saturated carbocycles. The number of nitrogens with one attached hydrogen (secondary N) is 2. The molecule has 1 rings (SSSR count). The van der Waals surface area contributed by atoms with Crippen molar-refractivity contribution < 1.29 is 4.79 Å². The predicted octanol–water partition coefficient (Wildman–Crippen LogP) is 3.28. The van der Waals surface area contributed by atoms with Gasteiger partial charge in [0.15, 0.2) is 0 Å². The Kier molecular flexibility index (Phi) is 5.61. The third-order valence-electron chi connectivity index (χ3n) is 2.71. The first-order chi connectivity index (χ1) is 8.43. The van der Waals surface area contributed by atoms with Gasteiger partial charge in [0.05, 0.1) is 5.69 Å². The number of hydrogen-bond acceptors (Lipinski definition) is 1. The molecule has 1 unspecified atom stereocenters. The maximum atomic E-state index is 11.8. The SMILES string of the molecule is CCP(C)c1cc(C)ccc1NC(=O)NC(C)C. The molecule has 18 heavy (non-hydrogen) atoms. The Morgan fingerprint density at radius 2 is 2.06 bits per heavy atom. The van der Waals surface area contributed by atoms with Crippen LogP contribution in [0.2, 0.25) is 0 Å². The third kappa shape index (κ3) is 4.30. The smallest absolute Gasteiger partial charge is 0.319 e. The van der Waals surface area contributed by atoms with Gasteiger partial charge in [-0.25, -0.2) is 4.79 Å². The minimum Gasteiger partial charge on any atom is -0.336 e. The van der Waals surface area contributed by atoms with Crippen LogP contribution in [0.1, 0.15) is 26.3 Å². The predicted molar refractivity (Wildman–Crippen MR) is 81.5 cm³/mol. The molecule has 1 aromatic carbocycles. The van der Waals surface area contributed by atoms with Crippen molar-refractivity contribution in [3.8, 4) is 0 Å². The van der Waals surface area contributed by atoms with Crippen LogP contribution >= 0.6 is 7.92 Å². The standard InChI is InChI=1S/C14H23N2OP/c1-6-18(5)13-9-11(4)7-8-12(13)16-14(17)15-10(2)3/h7-10H,6H2,1-5H3,(H2,15,16,17). The highest BCUT2D eigenvalue weighted by Gasteiger charge is 2.11. The number of urea groups is 1. The molecular weight excluding hydrogens is 243 g/mol. The van der Waals surface area contributed by atoms with E-state index in [0.29, 0.717) is 0 Å². The van der Waals surface area contributed by atoms with E-state index in [1.807, 2.05) is 26.0 Å². The zero-order valence-corrected chi connectivity index (χ0v) is 12.8. The highest BCUT2D eigenvalue weighted by molar-refractivity contribution is 7.65. The fourth-order valence-electron chi connectivity index (χ4n) is 1.65. The second-order valence-corrected chi connectivity index (χ2v) is 7.30. The Bertz CT molecular complexity index is 418. The average Bonchev–Trinajstić information content (AvgIpc) is 2.29. The molecule has 0 spiro atoms. The summed E-state index contributed by atoms with van der Waals surface area (Å²) in [4.78, 5) is 11.8. The van der Waals surface area contributed by atoms with Crippen molar-refractivity contribution in [2.24, 2.45) is 0 Å². The van der Waals surface area contributed by atoms with E-state index in [1.165, 1.54) is 10.9 Å². The van der Waals surface area contributed by atoms with Crippen LogP contribution in [0.3, 0.4) is 0 Å². The molecule has 0 aliphatic carbocycles. The van der Waals surface area contributed by atoms with Gasteiger partial charge in [-0.2, -0.15) is 0 Å². The van der Waals surface area contributed by atoms with Gasteiger partial charge >= 0.3 is 6.03 Å². The zero-order chi connectivity index (χ0) is 13.7. The van der Waals surface area contributed by atoms with Gasteiger partial charge in [0.1, 0.15) is 0 Å². The van der Waals surface area contributed by atoms with Crippen molar-refractivity contribution in [2.45, 2.75) is 33.7 Å². The topological polar surface area (TPSA) is 41.1 Å². The summed E-state index contributed by atoms with van der Waals surface area (Å²) < 4.78 is 0. The fourth-order valence-corrected chi connectivity index (χ4v) is 2.96. The molecule has 0 saturated heterocycles. The van der Waals surface area contributed by atoms with Crippen LogP contribution in [0, 0.1) is 6.92 Å². The largest absolute Gasteiger partial charge is 0.336 e. The van der Waals surface area contributed by atoms with Crippen LogP contribution in [0.4, 0.5) is 10.5 Å². The molecular formula is C14H23N2OP. The molecule has 1 aromatic rings. The lowest BCUT2D eigenvalue weighted by Gasteiger charge is -2.18. The first-order valence-electron chi connectivity index (χ1n) is 6.33. The summed E-state index contributed by atoms with van der Waals surface area (Å²) in [5, 5.41) is 7.07. The monoisotopic (exact) mass is 266 g/mol. The molecule has 2 N–H and O–H groups in total. The van der Waals surface area contributed by atoms with Crippen LogP contribution in [0.5, 0.6) is 0 Å². The van der Waals surface area contributed by atoms with Gasteiger partial charge in [-0.1, -0.05) is 26.5 Å². The number of hydrogen-bond donors (Lipinski definition) is 2. The van der Waals surface area contributed by atoms with Crippen molar-refractivity contribution in [3.05, 3.63) is 23.8 Å². The second kappa shape index (κ2) is 6.75. The van der Waals surface area contributed by atoms with Crippen molar-refractivity contribution in [2.75, 3.05) is 18.1 Å². The number of carbonyl (C=O) groups excluding carboxylic acids is 1. The maximum absolute atomic E-state index is 11.8. The van der Waals surface area contributed by atoms with E-state index in [4.69, 9.17) is 0 Å². The van der Waals surface area contributed by atoms with Gasteiger partial charge in [0, 0.05) is 6.04 Å². The molecule has 1 atom stereocenters. The molecule has 0 fully saturated rings. The number of benzene rings is 1. The van der Waals surface area contributed by atoms with Crippen LogP contribution in [-0.4, -0.2) is 24.9 Å². The number of anilines is 1. The Hall–Kier alpha value is -1.08. The first kappa shape index (κ1) is 15.0. The average molecular weight is 266 g/mol. The van der Waals surface area contributed by atoms with Crippen LogP contribution < -0.4 is 15.9 Å². The summed E-state index contributed by atoms with van der Waals surface area (Å²) in [6, 6.07) is 6.23. The fraction of sp³-hybridized carbons (Fsp3) is 0.500. The van der Waals surface area contributed by atoms with Crippen LogP contribution in [0.25, 0.3) is 0 Å². The van der Waals surface area contributed by atoms with Gasteiger partial charge < -0.3 is 10.6 Å². The number of amides is 2. The summed E-state index contributed by atoms with van der Waals surface area (Å²) in [6.45, 7) is 10.4. The van der Waals surface area contributed by atoms with E-state index in [1.54, 1.807) is 0 Å². The molecule has 2 amide bonds. The van der Waals surface area contributed by atoms with E-state index in [-0.39, 0.29) is 20.0 Å². The molecule has 0 aliphatic rings. The van der Waals surface area contributed by atoms with Gasteiger partial charge in [0.2, 0.25) is 0 Å². The normalized spacial score (nSPS) is 12.3. The van der Waals surface area contributed by atoms with E-state index >= 15 is 0 Å². The summed E-state index contributed by atoms with van der Waals surface area (Å²) in [7, 11) is -0.204. The first-order valence-corrected chi connectivity index (χ1v) is 8.30. The van der Waals surface area contributed by atoms with E-state index in [2.05, 4.69) is 37.2 Å². The van der Waals surface area contributed by atoms with Crippen molar-refractivity contribution in [1.29, 1.82) is 0 Å². The Balaban J connectivity index is 2.91. The molecule has 0 radical (unpaired) electrons. The second-order valence-electron chi connectivity index (χ2n) is 4.79. The summed E-state index contributed by atoms with van der Waals surface area (Å²) in [5.74, 6) is 0. The van der Waals surface area contributed by atoms with Gasteiger partial charge in [0.25, 0.3) is 0 Å². The van der Waals surface area contributed by atoms with E-state index < -0.39 is 0 Å². The zero-order valence-electron chi connectivity index (χ0n) is 11.9. The summed E-state index contributed by atoms with van der Waals surface area (Å²) in [6.07, 6.45) is 1.12. The third-order valence-corrected chi connectivity index (χ3v) is 4.85. The van der Waals surface area contributed by atoms with E-state index in [0.717, 1.165) is 11.8 Å². The molecule has 3 nitrogen and oxygen atoms in total. The van der Waals surface area contributed by atoms with Gasteiger partial charge in [-0.15, -0.1) is 0 Å². The van der Waals surface area contributed by atoms with Crippen molar-refractivity contribution in [1.82, 2.24) is 5.32 Å². The molecule has 0 heterocycles. The Morgan fingerprint density at radius 1 is 1.39 bits per heavy atom. The molecule has 4 heteroatoms. The van der Waals surface area contributed by atoms with Gasteiger partial charge in [-0.05, 0) is 51.0 Å². The quantitative estimate of drug-likeness (QED) is 0.807. The lowest BCUT2D eigenvalue weighted by molar-refractivity contribution is 0.250. The molecule has 0 aliphatic heterocycles. The summed E-state index contributed by atoms with van der Waals surface area (Å²) in [5.41, 5.74) is 2.18. The number of carbonyl (C=O) groups is 1. The maximum Gasteiger partial charge on any atom is 0.319 e. The van der Waals surface area contributed by atoms with Crippen molar-refractivity contribution >= 4 is 24.9 Å². The van der Waals surface area contributed by atoms with Gasteiger partial charge in [-0.3, -0.25) is 0 Å². The minimum absolute atomic E-state index is 0.130. The highest BCUT2D eigenvalue weighted by Crippen LogP contribution is 2.32. The highest BCUT2D eigenvalue weighted by atomic mass is 31.1. The lowest BCUT2D eigenvalue weighted by Crippen LogP contribution is -2.35. The van der Waals surface area contributed by atoms with Crippen LogP contribution in [-0.2, 0) is 0 Å². The van der Waals surface area contributed by atoms with Crippen LogP contribution in [0.15, 0.2) is 18.2 Å². The molecule has 0 aromatic heterocycles. The Morgan fingerprint density at radius 3 is 2.61 bits per heavy atom. The van der Waals surface area contributed by atoms with E-state index in [9.17, 15) is 4.79 Å². The summed E-state index contributed by atoms with van der Waals surface area (Å²) >= 11 is 0. The molecule has 0 bridgehead atoms. The van der Waals surface area contributed by atoms with Crippen molar-refractivity contribution in [3.63, 3.8) is 0 Å². The molecule has 100 valence electrons. The Labute approximate surface area is 111 Å². The lowest BCUT2D eigenvalue weighted by atomic mass is 10.2. The minimum atomic E-state index is -0.204. The number of aryl methyl sites for hydroxylation is 1.